The number of phenols is 2. The van der Waals surface area contributed by atoms with Gasteiger partial charge in [-0.2, -0.15) is 0 Å². The Kier molecular flexibility index (Phi) is 3.59. The number of aliphatic hydroxyl groups is 1. The van der Waals surface area contributed by atoms with Gasteiger partial charge in [0.05, 0.1) is 6.10 Å². The van der Waals surface area contributed by atoms with E-state index in [-0.39, 0.29) is 34.5 Å². The van der Waals surface area contributed by atoms with E-state index in [1.165, 1.54) is 6.07 Å². The molecule has 1 aliphatic rings. The molecule has 0 aliphatic heterocycles. The molecule has 15 heavy (non-hydrogen) atoms. The topological polar surface area (TPSA) is 86.7 Å². The summed E-state index contributed by atoms with van der Waals surface area (Å²) >= 11 is 0. The van der Waals surface area contributed by atoms with Crippen LogP contribution < -0.4 is 5.73 Å². The minimum absolute atomic E-state index is 0. The highest BCUT2D eigenvalue weighted by Crippen LogP contribution is 2.39. The van der Waals surface area contributed by atoms with E-state index in [9.17, 15) is 15.3 Å². The number of fused-ring (bicyclic) bond motifs is 1. The van der Waals surface area contributed by atoms with Crippen molar-refractivity contribution in [2.75, 3.05) is 0 Å². The van der Waals surface area contributed by atoms with Crippen LogP contribution in [0.5, 0.6) is 11.5 Å². The smallest absolute Gasteiger partial charge is 0.161 e. The van der Waals surface area contributed by atoms with E-state index >= 15 is 0 Å². The second-order valence-electron chi connectivity index (χ2n) is 3.65. The summed E-state index contributed by atoms with van der Waals surface area (Å²) in [5, 5.41) is 28.5. The van der Waals surface area contributed by atoms with Gasteiger partial charge in [-0.15, -0.1) is 17.0 Å². The highest BCUT2D eigenvalue weighted by atomic mass is 79.9. The molecular formula is C10H14BrNO3. The van der Waals surface area contributed by atoms with Gasteiger partial charge in [-0.05, 0) is 24.5 Å². The maximum atomic E-state index is 9.73. The molecule has 5 N–H and O–H groups in total. The molecule has 4 nitrogen and oxygen atoms in total. The molecule has 0 saturated heterocycles. The second-order valence-corrected chi connectivity index (χ2v) is 3.65. The summed E-state index contributed by atoms with van der Waals surface area (Å²) < 4.78 is 0. The SMILES string of the molecule is Br.N[C@H]1CCc2c(ccc(O)c2O)[C@@H]1O. The second kappa shape index (κ2) is 4.38. The fourth-order valence-electron chi connectivity index (χ4n) is 1.88. The Hall–Kier alpha value is -0.780. The van der Waals surface area contributed by atoms with Crippen LogP contribution >= 0.6 is 17.0 Å². The number of phenolic OH excluding ortho intramolecular Hbond substituents is 2. The van der Waals surface area contributed by atoms with Gasteiger partial charge < -0.3 is 21.1 Å². The van der Waals surface area contributed by atoms with Crippen LogP contribution in [-0.2, 0) is 6.42 Å². The first kappa shape index (κ1) is 12.3. The van der Waals surface area contributed by atoms with E-state index in [2.05, 4.69) is 0 Å². The third-order valence-corrected chi connectivity index (χ3v) is 2.75. The fraction of sp³-hybridized carbons (Fsp3) is 0.400. The predicted molar refractivity (Wildman–Crippen MR) is 61.3 cm³/mol. The Bertz CT molecular complexity index is 370. The third kappa shape index (κ3) is 1.95. The number of hydrogen-bond acceptors (Lipinski definition) is 4. The number of benzene rings is 1. The van der Waals surface area contributed by atoms with Gasteiger partial charge in [-0.1, -0.05) is 6.07 Å². The van der Waals surface area contributed by atoms with Gasteiger partial charge >= 0.3 is 0 Å². The van der Waals surface area contributed by atoms with Crippen LogP contribution in [0.15, 0.2) is 12.1 Å². The summed E-state index contributed by atoms with van der Waals surface area (Å²) in [6.45, 7) is 0. The maximum Gasteiger partial charge on any atom is 0.161 e. The summed E-state index contributed by atoms with van der Waals surface area (Å²) in [5.74, 6) is -0.278. The van der Waals surface area contributed by atoms with Crippen LogP contribution in [-0.4, -0.2) is 21.4 Å². The summed E-state index contributed by atoms with van der Waals surface area (Å²) in [4.78, 5) is 0. The summed E-state index contributed by atoms with van der Waals surface area (Å²) in [6.07, 6.45) is 0.462. The van der Waals surface area contributed by atoms with Crippen molar-refractivity contribution in [1.29, 1.82) is 0 Å². The van der Waals surface area contributed by atoms with E-state index in [0.717, 1.165) is 0 Å². The molecule has 0 saturated carbocycles. The van der Waals surface area contributed by atoms with E-state index in [0.29, 0.717) is 24.0 Å². The van der Waals surface area contributed by atoms with E-state index in [1.807, 2.05) is 0 Å². The molecular weight excluding hydrogens is 262 g/mol. The number of rotatable bonds is 0. The first-order valence-electron chi connectivity index (χ1n) is 4.58. The zero-order chi connectivity index (χ0) is 10.3. The van der Waals surface area contributed by atoms with Crippen molar-refractivity contribution < 1.29 is 15.3 Å². The van der Waals surface area contributed by atoms with Crippen molar-refractivity contribution in [2.45, 2.75) is 25.0 Å². The van der Waals surface area contributed by atoms with Crippen molar-refractivity contribution >= 4 is 17.0 Å². The number of halogens is 1. The van der Waals surface area contributed by atoms with Crippen LogP contribution in [0.4, 0.5) is 0 Å². The monoisotopic (exact) mass is 275 g/mol. The van der Waals surface area contributed by atoms with Gasteiger partial charge in [0.2, 0.25) is 0 Å². The average molecular weight is 276 g/mol. The molecule has 2 atom stereocenters. The zero-order valence-electron chi connectivity index (χ0n) is 8.05. The van der Waals surface area contributed by atoms with Gasteiger partial charge in [0, 0.05) is 11.6 Å². The Morgan fingerprint density at radius 2 is 1.93 bits per heavy atom. The Morgan fingerprint density at radius 1 is 1.27 bits per heavy atom. The van der Waals surface area contributed by atoms with Crippen molar-refractivity contribution in [3.63, 3.8) is 0 Å². The molecule has 1 aromatic carbocycles. The molecule has 0 bridgehead atoms. The van der Waals surface area contributed by atoms with Crippen LogP contribution in [0.1, 0.15) is 23.7 Å². The maximum absolute atomic E-state index is 9.73. The van der Waals surface area contributed by atoms with Gasteiger partial charge in [0.25, 0.3) is 0 Å². The summed E-state index contributed by atoms with van der Waals surface area (Å²) in [7, 11) is 0. The molecule has 0 unspecified atom stereocenters. The molecule has 84 valence electrons. The van der Waals surface area contributed by atoms with Gasteiger partial charge in [0.15, 0.2) is 11.5 Å². The lowest BCUT2D eigenvalue weighted by molar-refractivity contribution is 0.133. The largest absolute Gasteiger partial charge is 0.504 e. The number of nitrogens with two attached hydrogens (primary N) is 1. The van der Waals surface area contributed by atoms with Gasteiger partial charge in [-0.25, -0.2) is 0 Å². The molecule has 0 radical (unpaired) electrons. The minimum Gasteiger partial charge on any atom is -0.504 e. The Balaban J connectivity index is 0.00000112. The molecule has 1 aromatic rings. The third-order valence-electron chi connectivity index (χ3n) is 2.75. The van der Waals surface area contributed by atoms with Crippen molar-refractivity contribution in [2.24, 2.45) is 5.73 Å². The van der Waals surface area contributed by atoms with Crippen LogP contribution in [0.25, 0.3) is 0 Å². The standard InChI is InChI=1S/C10H13NO3.BrH/c11-7-3-1-6-5(9(7)13)2-4-8(12)10(6)14;/h2,4,7,9,12-14H,1,3,11H2;1H/t7-,9-;/m0./s1. The summed E-state index contributed by atoms with van der Waals surface area (Å²) in [5.41, 5.74) is 6.92. The molecule has 2 rings (SSSR count). The Labute approximate surface area is 98.1 Å². The molecule has 0 heterocycles. The zero-order valence-corrected chi connectivity index (χ0v) is 9.76. The minimum atomic E-state index is -0.745. The molecule has 0 fully saturated rings. The average Bonchev–Trinajstić information content (AvgIpc) is 2.17. The highest BCUT2D eigenvalue weighted by molar-refractivity contribution is 8.93. The highest BCUT2D eigenvalue weighted by Gasteiger charge is 2.27. The van der Waals surface area contributed by atoms with E-state index in [4.69, 9.17) is 5.73 Å². The lowest BCUT2D eigenvalue weighted by Gasteiger charge is -2.27. The quantitative estimate of drug-likeness (QED) is 0.532. The lowest BCUT2D eigenvalue weighted by atomic mass is 9.85. The number of aliphatic hydroxyl groups excluding tert-OH is 1. The molecule has 5 heteroatoms. The van der Waals surface area contributed by atoms with Crippen LogP contribution in [0.2, 0.25) is 0 Å². The van der Waals surface area contributed by atoms with E-state index in [1.54, 1.807) is 6.07 Å². The van der Waals surface area contributed by atoms with Crippen molar-refractivity contribution in [3.05, 3.63) is 23.3 Å². The first-order chi connectivity index (χ1) is 6.61. The molecule has 0 spiro atoms. The van der Waals surface area contributed by atoms with Gasteiger partial charge in [-0.3, -0.25) is 0 Å². The number of hydrogen-bond donors (Lipinski definition) is 4. The van der Waals surface area contributed by atoms with E-state index < -0.39 is 6.10 Å². The Morgan fingerprint density at radius 3 is 2.60 bits per heavy atom. The fourth-order valence-corrected chi connectivity index (χ4v) is 1.88. The van der Waals surface area contributed by atoms with Crippen molar-refractivity contribution in [3.8, 4) is 11.5 Å². The normalized spacial score (nSPS) is 24.1. The summed E-state index contributed by atoms with van der Waals surface area (Å²) in [6, 6.07) is 2.69. The molecule has 0 amide bonds. The van der Waals surface area contributed by atoms with Gasteiger partial charge in [0.1, 0.15) is 0 Å². The molecule has 1 aliphatic carbocycles. The van der Waals surface area contributed by atoms with Crippen LogP contribution in [0, 0.1) is 0 Å². The van der Waals surface area contributed by atoms with Crippen LogP contribution in [0.3, 0.4) is 0 Å². The molecule has 0 aromatic heterocycles. The predicted octanol–water partition coefficient (Wildman–Crippen LogP) is 0.983. The number of aromatic hydroxyl groups is 2. The lowest BCUT2D eigenvalue weighted by Crippen LogP contribution is -2.32. The first-order valence-corrected chi connectivity index (χ1v) is 4.58. The van der Waals surface area contributed by atoms with Crippen molar-refractivity contribution in [1.82, 2.24) is 0 Å².